The molecule has 0 fully saturated rings. The summed E-state index contributed by atoms with van der Waals surface area (Å²) >= 11 is 1.32. The molecule has 2 N–H and O–H groups in total. The molecule has 6 aromatic rings. The first-order valence-corrected chi connectivity index (χ1v) is 13.9. The van der Waals surface area contributed by atoms with Crippen LogP contribution in [0.25, 0.3) is 27.2 Å². The minimum absolute atomic E-state index is 0.144. The SMILES string of the molecule is O=C(CSc1nnc(CNc2ccccc2)n1-c1ccccc1)N/N=C\c1c2ccccc2cc2ccccc12. The number of rotatable bonds is 9. The van der Waals surface area contributed by atoms with E-state index in [1.165, 1.54) is 11.8 Å². The topological polar surface area (TPSA) is 84.2 Å². The van der Waals surface area contributed by atoms with Crippen molar-refractivity contribution in [1.82, 2.24) is 20.2 Å². The van der Waals surface area contributed by atoms with Gasteiger partial charge in [-0.15, -0.1) is 10.2 Å². The van der Waals surface area contributed by atoms with Crippen LogP contribution < -0.4 is 10.7 Å². The van der Waals surface area contributed by atoms with Gasteiger partial charge in [0.25, 0.3) is 5.91 Å². The van der Waals surface area contributed by atoms with Crippen molar-refractivity contribution < 1.29 is 4.79 Å². The lowest BCUT2D eigenvalue weighted by Crippen LogP contribution is -2.20. The van der Waals surface area contributed by atoms with Gasteiger partial charge in [-0.1, -0.05) is 96.7 Å². The Hall–Kier alpha value is -4.95. The molecule has 40 heavy (non-hydrogen) atoms. The molecule has 1 aromatic heterocycles. The Labute approximate surface area is 236 Å². The Morgan fingerprint density at radius 2 is 1.43 bits per heavy atom. The second kappa shape index (κ2) is 11.8. The number of nitrogens with one attached hydrogen (secondary N) is 2. The van der Waals surface area contributed by atoms with Crippen molar-refractivity contribution in [2.24, 2.45) is 5.10 Å². The molecule has 8 heteroatoms. The van der Waals surface area contributed by atoms with Gasteiger partial charge in [-0.3, -0.25) is 9.36 Å². The molecule has 0 aliphatic carbocycles. The number of carbonyl (C=O) groups excluding carboxylic acids is 1. The number of carbonyl (C=O) groups is 1. The first kappa shape index (κ1) is 25.3. The maximum absolute atomic E-state index is 12.8. The summed E-state index contributed by atoms with van der Waals surface area (Å²) in [7, 11) is 0. The lowest BCUT2D eigenvalue weighted by molar-refractivity contribution is -0.118. The molecule has 0 bridgehead atoms. The number of aromatic nitrogens is 3. The van der Waals surface area contributed by atoms with Crippen LogP contribution in [0.5, 0.6) is 0 Å². The van der Waals surface area contributed by atoms with Crippen LogP contribution >= 0.6 is 11.8 Å². The maximum Gasteiger partial charge on any atom is 0.250 e. The molecular formula is C32H26N6OS. The zero-order valence-corrected chi connectivity index (χ0v) is 22.4. The molecular weight excluding hydrogens is 516 g/mol. The fourth-order valence-corrected chi connectivity index (χ4v) is 5.36. The fraction of sp³-hybridized carbons (Fsp3) is 0.0625. The van der Waals surface area contributed by atoms with Crippen LogP contribution in [-0.4, -0.2) is 32.6 Å². The Morgan fingerprint density at radius 3 is 2.12 bits per heavy atom. The van der Waals surface area contributed by atoms with Crippen molar-refractivity contribution in [3.8, 4) is 5.69 Å². The smallest absolute Gasteiger partial charge is 0.250 e. The van der Waals surface area contributed by atoms with Crippen molar-refractivity contribution in [3.05, 3.63) is 127 Å². The molecule has 7 nitrogen and oxygen atoms in total. The molecule has 0 unspecified atom stereocenters. The number of thioether (sulfide) groups is 1. The highest BCUT2D eigenvalue weighted by Gasteiger charge is 2.16. The van der Waals surface area contributed by atoms with Gasteiger partial charge in [0, 0.05) is 16.9 Å². The molecule has 0 radical (unpaired) electrons. The molecule has 0 saturated carbocycles. The summed E-state index contributed by atoms with van der Waals surface area (Å²) in [5.41, 5.74) is 5.58. The van der Waals surface area contributed by atoms with Gasteiger partial charge in [-0.05, 0) is 51.9 Å². The number of amides is 1. The molecule has 1 heterocycles. The van der Waals surface area contributed by atoms with Gasteiger partial charge in [0.05, 0.1) is 18.5 Å². The summed E-state index contributed by atoms with van der Waals surface area (Å²) in [6, 6.07) is 38.4. The highest BCUT2D eigenvalue weighted by atomic mass is 32.2. The van der Waals surface area contributed by atoms with Gasteiger partial charge < -0.3 is 5.32 Å². The minimum Gasteiger partial charge on any atom is -0.378 e. The molecule has 6 rings (SSSR count). The third-order valence-electron chi connectivity index (χ3n) is 6.47. The Balaban J connectivity index is 1.17. The van der Waals surface area contributed by atoms with Crippen LogP contribution in [-0.2, 0) is 11.3 Å². The van der Waals surface area contributed by atoms with Crippen LogP contribution in [0.1, 0.15) is 11.4 Å². The second-order valence-corrected chi connectivity index (χ2v) is 10.0. The van der Waals surface area contributed by atoms with Gasteiger partial charge >= 0.3 is 0 Å². The van der Waals surface area contributed by atoms with E-state index in [1.54, 1.807) is 6.21 Å². The first-order chi connectivity index (χ1) is 19.8. The summed E-state index contributed by atoms with van der Waals surface area (Å²) < 4.78 is 1.97. The zero-order valence-electron chi connectivity index (χ0n) is 21.6. The van der Waals surface area contributed by atoms with E-state index in [9.17, 15) is 4.79 Å². The summed E-state index contributed by atoms with van der Waals surface area (Å²) in [4.78, 5) is 12.8. The normalized spacial score (nSPS) is 11.3. The predicted octanol–water partition coefficient (Wildman–Crippen LogP) is 6.43. The monoisotopic (exact) mass is 542 g/mol. The quantitative estimate of drug-likeness (QED) is 0.0952. The van der Waals surface area contributed by atoms with E-state index in [-0.39, 0.29) is 11.7 Å². The standard InChI is InChI=1S/C32H26N6OS/c39-31(36-34-20-29-27-17-9-7-11-23(27)19-24-12-8-10-18-28(24)29)22-40-32-37-35-30(21-33-25-13-3-1-4-14-25)38(32)26-15-5-2-6-16-26/h1-20,33H,21-22H2,(H,36,39)/b34-20-. The maximum atomic E-state index is 12.8. The van der Waals surface area contributed by atoms with Crippen molar-refractivity contribution in [2.45, 2.75) is 11.7 Å². The first-order valence-electron chi connectivity index (χ1n) is 12.9. The molecule has 0 saturated heterocycles. The van der Waals surface area contributed by atoms with Crippen molar-refractivity contribution in [1.29, 1.82) is 0 Å². The molecule has 5 aromatic carbocycles. The summed E-state index contributed by atoms with van der Waals surface area (Å²) in [5.74, 6) is 0.668. The molecule has 0 atom stereocenters. The number of fused-ring (bicyclic) bond motifs is 2. The molecule has 0 aliphatic heterocycles. The third-order valence-corrected chi connectivity index (χ3v) is 7.40. The van der Waals surface area contributed by atoms with Gasteiger partial charge in [-0.2, -0.15) is 5.10 Å². The summed E-state index contributed by atoms with van der Waals surface area (Å²) in [6.45, 7) is 0.488. The lowest BCUT2D eigenvalue weighted by atomic mass is 9.97. The van der Waals surface area contributed by atoms with Gasteiger partial charge in [-0.25, -0.2) is 5.43 Å². The number of hydrogen-bond donors (Lipinski definition) is 2. The largest absolute Gasteiger partial charge is 0.378 e. The summed E-state index contributed by atoms with van der Waals surface area (Å²) in [5, 5.41) is 21.6. The average Bonchev–Trinajstić information content (AvgIpc) is 3.42. The van der Waals surface area contributed by atoms with Crippen molar-refractivity contribution >= 4 is 51.1 Å². The van der Waals surface area contributed by atoms with Crippen LogP contribution in [0.3, 0.4) is 0 Å². The number of nitrogens with zero attached hydrogens (tertiary/aromatic N) is 4. The highest BCUT2D eigenvalue weighted by Crippen LogP contribution is 2.27. The van der Waals surface area contributed by atoms with Gasteiger partial charge in [0.1, 0.15) is 0 Å². The average molecular weight is 543 g/mol. The number of benzene rings is 5. The van der Waals surface area contributed by atoms with E-state index in [1.807, 2.05) is 89.5 Å². The van der Waals surface area contributed by atoms with E-state index in [0.29, 0.717) is 11.7 Å². The second-order valence-electron chi connectivity index (χ2n) is 9.10. The Bertz CT molecular complexity index is 1750. The van der Waals surface area contributed by atoms with Crippen LogP contribution in [0.4, 0.5) is 5.69 Å². The highest BCUT2D eigenvalue weighted by molar-refractivity contribution is 7.99. The molecule has 1 amide bonds. The van der Waals surface area contributed by atoms with E-state index in [4.69, 9.17) is 0 Å². The van der Waals surface area contributed by atoms with E-state index < -0.39 is 0 Å². The van der Waals surface area contributed by atoms with Crippen LogP contribution in [0.15, 0.2) is 126 Å². The van der Waals surface area contributed by atoms with E-state index >= 15 is 0 Å². The number of hydrogen-bond acceptors (Lipinski definition) is 6. The summed E-state index contributed by atoms with van der Waals surface area (Å²) in [6.07, 6.45) is 1.73. The van der Waals surface area contributed by atoms with Crippen molar-refractivity contribution in [3.63, 3.8) is 0 Å². The lowest BCUT2D eigenvalue weighted by Gasteiger charge is -2.11. The van der Waals surface area contributed by atoms with Crippen LogP contribution in [0, 0.1) is 0 Å². The number of anilines is 1. The number of para-hydroxylation sites is 2. The van der Waals surface area contributed by atoms with E-state index in [2.05, 4.69) is 56.4 Å². The number of hydrazone groups is 1. The zero-order chi connectivity index (χ0) is 27.1. The van der Waals surface area contributed by atoms with Crippen LogP contribution in [0.2, 0.25) is 0 Å². The molecule has 0 spiro atoms. The predicted molar refractivity (Wildman–Crippen MR) is 163 cm³/mol. The van der Waals surface area contributed by atoms with Crippen molar-refractivity contribution in [2.75, 3.05) is 11.1 Å². The molecule has 196 valence electrons. The molecule has 0 aliphatic rings. The third kappa shape index (κ3) is 5.57. The fourth-order valence-electron chi connectivity index (χ4n) is 4.60. The van der Waals surface area contributed by atoms with E-state index in [0.717, 1.165) is 44.3 Å². The van der Waals surface area contributed by atoms with Gasteiger partial charge in [0.2, 0.25) is 0 Å². The Morgan fingerprint density at radius 1 is 0.800 bits per heavy atom. The Kier molecular flexibility index (Phi) is 7.50. The minimum atomic E-state index is -0.225. The van der Waals surface area contributed by atoms with Gasteiger partial charge in [0.15, 0.2) is 11.0 Å².